The summed E-state index contributed by atoms with van der Waals surface area (Å²) in [5.41, 5.74) is 1.75. The Morgan fingerprint density at radius 2 is 1.97 bits per heavy atom. The first-order chi connectivity index (χ1) is 15.4. The number of rotatable bonds is 5. The van der Waals surface area contributed by atoms with E-state index in [2.05, 4.69) is 20.1 Å². The third kappa shape index (κ3) is 4.76. The maximum atomic E-state index is 12.8. The Balaban J connectivity index is 1.65. The Kier molecular flexibility index (Phi) is 5.50. The van der Waals surface area contributed by atoms with E-state index in [0.717, 1.165) is 6.92 Å². The molecule has 0 bridgehead atoms. The van der Waals surface area contributed by atoms with E-state index in [1.165, 1.54) is 23.1 Å². The number of carbonyl (C=O) groups is 1. The van der Waals surface area contributed by atoms with E-state index in [9.17, 15) is 31.1 Å². The first-order valence-corrected chi connectivity index (χ1v) is 9.67. The Hall–Kier alpha value is -3.64. The zero-order valence-corrected chi connectivity index (χ0v) is 16.9. The van der Waals surface area contributed by atoms with Crippen LogP contribution in [-0.2, 0) is 6.42 Å². The third-order valence-electron chi connectivity index (χ3n) is 5.03. The van der Waals surface area contributed by atoms with Crippen molar-refractivity contribution in [3.05, 3.63) is 48.3 Å². The molecule has 0 aromatic carbocycles. The number of fused-ring (bicyclic) bond motifs is 2. The second-order valence-electron chi connectivity index (χ2n) is 7.41. The Labute approximate surface area is 181 Å². The highest BCUT2D eigenvalue weighted by Crippen LogP contribution is 2.30. The average Bonchev–Trinajstić information content (AvgIpc) is 3.34. The number of amides is 1. The van der Waals surface area contributed by atoms with Crippen LogP contribution in [0.1, 0.15) is 29.5 Å². The molecule has 4 heterocycles. The number of H-pyrrole nitrogens is 1. The molecule has 7 nitrogen and oxygen atoms in total. The van der Waals surface area contributed by atoms with Crippen LogP contribution in [0.2, 0.25) is 0 Å². The van der Waals surface area contributed by atoms with Gasteiger partial charge in [-0.3, -0.25) is 4.79 Å². The monoisotopic (exact) mass is 470 g/mol. The predicted molar refractivity (Wildman–Crippen MR) is 105 cm³/mol. The summed E-state index contributed by atoms with van der Waals surface area (Å²) in [5.74, 6) is -0.888. The van der Waals surface area contributed by atoms with Gasteiger partial charge in [0.1, 0.15) is 17.5 Å². The van der Waals surface area contributed by atoms with Crippen LogP contribution < -0.4 is 5.32 Å². The lowest BCUT2D eigenvalue weighted by Crippen LogP contribution is -2.43. The quantitative estimate of drug-likeness (QED) is 0.422. The van der Waals surface area contributed by atoms with E-state index in [4.69, 9.17) is 0 Å². The highest BCUT2D eigenvalue weighted by atomic mass is 19.4. The molecule has 0 aliphatic rings. The molecule has 2 N–H and O–H groups in total. The van der Waals surface area contributed by atoms with Crippen LogP contribution in [0.3, 0.4) is 0 Å². The SMILES string of the molecule is C[C@@H](NC(=O)c1cnn2ccc(-c3c[nH]c4nc(CCC(F)(F)F)ncc34)cc12)C(F)(F)F. The number of hydrogen-bond acceptors (Lipinski definition) is 4. The summed E-state index contributed by atoms with van der Waals surface area (Å²) in [6.45, 7) is 0.837. The summed E-state index contributed by atoms with van der Waals surface area (Å²) < 4.78 is 77.1. The van der Waals surface area contributed by atoms with E-state index in [-0.39, 0.29) is 23.3 Å². The number of nitrogens with one attached hydrogen (secondary N) is 2. The maximum Gasteiger partial charge on any atom is 0.408 e. The number of hydrogen-bond donors (Lipinski definition) is 2. The number of pyridine rings is 1. The first-order valence-electron chi connectivity index (χ1n) is 9.67. The Morgan fingerprint density at radius 1 is 1.21 bits per heavy atom. The summed E-state index contributed by atoms with van der Waals surface area (Å²) >= 11 is 0. The third-order valence-corrected chi connectivity index (χ3v) is 5.03. The molecule has 4 rings (SSSR count). The lowest BCUT2D eigenvalue weighted by atomic mass is 10.1. The van der Waals surface area contributed by atoms with Crippen LogP contribution in [0.25, 0.3) is 27.7 Å². The van der Waals surface area contributed by atoms with Crippen molar-refractivity contribution in [2.45, 2.75) is 38.2 Å². The van der Waals surface area contributed by atoms with Crippen molar-refractivity contribution in [1.29, 1.82) is 0 Å². The molecule has 0 spiro atoms. The fraction of sp³-hybridized carbons (Fsp3) is 0.300. The predicted octanol–water partition coefficient (Wildman–Crippen LogP) is 4.45. The number of aromatic nitrogens is 5. The van der Waals surface area contributed by atoms with Crippen LogP contribution in [0.4, 0.5) is 26.3 Å². The van der Waals surface area contributed by atoms with E-state index in [1.54, 1.807) is 18.3 Å². The van der Waals surface area contributed by atoms with Crippen LogP contribution >= 0.6 is 0 Å². The first kappa shape index (κ1) is 22.6. The average molecular weight is 470 g/mol. The van der Waals surface area contributed by atoms with E-state index in [0.29, 0.717) is 22.2 Å². The molecule has 1 atom stereocenters. The van der Waals surface area contributed by atoms with Gasteiger partial charge in [0, 0.05) is 36.0 Å². The molecule has 0 aliphatic carbocycles. The smallest absolute Gasteiger partial charge is 0.345 e. The van der Waals surface area contributed by atoms with Gasteiger partial charge in [0.05, 0.1) is 23.7 Å². The Bertz CT molecular complexity index is 1320. The van der Waals surface area contributed by atoms with Crippen LogP contribution in [-0.4, -0.2) is 48.9 Å². The zero-order valence-electron chi connectivity index (χ0n) is 16.9. The highest BCUT2D eigenvalue weighted by molar-refractivity contribution is 6.02. The van der Waals surface area contributed by atoms with E-state index >= 15 is 0 Å². The van der Waals surface area contributed by atoms with Crippen molar-refractivity contribution in [3.8, 4) is 11.1 Å². The van der Waals surface area contributed by atoms with Crippen molar-refractivity contribution in [3.63, 3.8) is 0 Å². The molecular weight excluding hydrogens is 454 g/mol. The number of aryl methyl sites for hydroxylation is 1. The normalized spacial score (nSPS) is 13.5. The van der Waals surface area contributed by atoms with Crippen molar-refractivity contribution in [1.82, 2.24) is 29.9 Å². The van der Waals surface area contributed by atoms with Crippen LogP contribution in [0.15, 0.2) is 36.9 Å². The van der Waals surface area contributed by atoms with Gasteiger partial charge in [-0.2, -0.15) is 31.4 Å². The second-order valence-corrected chi connectivity index (χ2v) is 7.41. The molecule has 0 saturated carbocycles. The molecule has 0 radical (unpaired) electrons. The van der Waals surface area contributed by atoms with E-state index in [1.807, 2.05) is 5.32 Å². The van der Waals surface area contributed by atoms with Gasteiger partial charge in [0.25, 0.3) is 5.91 Å². The summed E-state index contributed by atoms with van der Waals surface area (Å²) in [7, 11) is 0. The lowest BCUT2D eigenvalue weighted by Gasteiger charge is -2.16. The molecule has 4 aromatic rings. The van der Waals surface area contributed by atoms with Gasteiger partial charge in [0.2, 0.25) is 0 Å². The molecule has 1 amide bonds. The van der Waals surface area contributed by atoms with Crippen molar-refractivity contribution >= 4 is 22.5 Å². The highest BCUT2D eigenvalue weighted by Gasteiger charge is 2.37. The summed E-state index contributed by atoms with van der Waals surface area (Å²) in [5, 5.41) is 6.43. The van der Waals surface area contributed by atoms with Gasteiger partial charge in [-0.1, -0.05) is 0 Å². The van der Waals surface area contributed by atoms with Gasteiger partial charge >= 0.3 is 12.4 Å². The van der Waals surface area contributed by atoms with Crippen molar-refractivity contribution < 1.29 is 31.1 Å². The van der Waals surface area contributed by atoms with Gasteiger partial charge in [-0.05, 0) is 24.6 Å². The van der Waals surface area contributed by atoms with Gasteiger partial charge in [0.15, 0.2) is 0 Å². The number of nitrogens with zero attached hydrogens (tertiary/aromatic N) is 4. The minimum atomic E-state index is -4.59. The molecule has 33 heavy (non-hydrogen) atoms. The largest absolute Gasteiger partial charge is 0.408 e. The zero-order chi connectivity index (χ0) is 24.0. The molecular formula is C20H16F6N6O. The van der Waals surface area contributed by atoms with Gasteiger partial charge in [-0.25, -0.2) is 14.5 Å². The molecule has 174 valence electrons. The molecule has 13 heteroatoms. The number of aromatic amines is 1. The number of halogens is 6. The van der Waals surface area contributed by atoms with Gasteiger partial charge in [-0.15, -0.1) is 0 Å². The molecule has 0 unspecified atom stereocenters. The summed E-state index contributed by atoms with van der Waals surface area (Å²) in [6.07, 6.45) is -4.62. The Morgan fingerprint density at radius 3 is 2.67 bits per heavy atom. The van der Waals surface area contributed by atoms with Crippen LogP contribution in [0.5, 0.6) is 0 Å². The van der Waals surface area contributed by atoms with Gasteiger partial charge < -0.3 is 10.3 Å². The molecule has 0 aliphatic heterocycles. The summed E-state index contributed by atoms with van der Waals surface area (Å²) in [6, 6.07) is 1.20. The maximum absolute atomic E-state index is 12.8. The number of carbonyl (C=O) groups excluding carboxylic acids is 1. The number of alkyl halides is 6. The standard InChI is InChI=1S/C20H16F6N6O/c1-10(20(24,25)26)30-18(33)14-9-29-32-5-3-11(6-15(14)32)12-7-28-17-13(12)8-27-16(31-17)2-4-19(21,22)23/h3,5-10H,2,4H2,1H3,(H,30,33)(H,27,28,31)/t10-/m1/s1. The fourth-order valence-corrected chi connectivity index (χ4v) is 3.24. The summed E-state index contributed by atoms with van der Waals surface area (Å²) in [4.78, 5) is 23.4. The lowest BCUT2D eigenvalue weighted by molar-refractivity contribution is -0.149. The topological polar surface area (TPSA) is 88.0 Å². The van der Waals surface area contributed by atoms with Crippen molar-refractivity contribution in [2.24, 2.45) is 0 Å². The molecule has 4 aromatic heterocycles. The molecule has 0 saturated heterocycles. The minimum Gasteiger partial charge on any atom is -0.345 e. The second kappa shape index (κ2) is 8.05. The van der Waals surface area contributed by atoms with E-state index < -0.39 is 30.7 Å². The van der Waals surface area contributed by atoms with Crippen LogP contribution in [0, 0.1) is 0 Å². The minimum absolute atomic E-state index is 0.0391. The van der Waals surface area contributed by atoms with Crippen molar-refractivity contribution in [2.75, 3.05) is 0 Å². The molecule has 0 fully saturated rings. The fourth-order valence-electron chi connectivity index (χ4n) is 3.24.